The maximum Gasteiger partial charge on any atom is 0.237 e. The fourth-order valence-electron chi connectivity index (χ4n) is 11.5. The molecule has 0 aliphatic heterocycles. The fraction of sp³-hybridized carbons (Fsp3) is 0. The Kier molecular flexibility index (Phi) is 9.49. The summed E-state index contributed by atoms with van der Waals surface area (Å²) in [4.78, 5) is 11.1. The van der Waals surface area contributed by atoms with E-state index in [2.05, 4.69) is 262 Å². The Morgan fingerprint density at radius 3 is 1.32 bits per heavy atom. The van der Waals surface area contributed by atoms with Crippen molar-refractivity contribution in [3.05, 3.63) is 260 Å². The van der Waals surface area contributed by atoms with Crippen molar-refractivity contribution in [2.75, 3.05) is 0 Å². The van der Waals surface area contributed by atoms with Gasteiger partial charge in [-0.3, -0.25) is 9.13 Å². The van der Waals surface area contributed by atoms with Crippen LogP contribution in [0.15, 0.2) is 255 Å². The van der Waals surface area contributed by atoms with Gasteiger partial charge in [0.2, 0.25) is 5.95 Å². The van der Waals surface area contributed by atoms with Crippen LogP contribution in [0.4, 0.5) is 0 Å². The molecular formula is C65H42N6Si. The highest BCUT2D eigenvalue weighted by molar-refractivity contribution is 7.19. The number of hydrogen-bond donors (Lipinski definition) is 0. The minimum Gasteiger partial charge on any atom is -0.309 e. The van der Waals surface area contributed by atoms with Gasteiger partial charge in [0.05, 0.1) is 50.4 Å². The van der Waals surface area contributed by atoms with Crippen molar-refractivity contribution in [2.45, 2.75) is 0 Å². The molecule has 10 aromatic carbocycles. The minimum atomic E-state index is -2.79. The van der Waals surface area contributed by atoms with Crippen molar-refractivity contribution in [1.29, 1.82) is 5.26 Å². The summed E-state index contributed by atoms with van der Waals surface area (Å²) in [6, 6.07) is 93.6. The van der Waals surface area contributed by atoms with E-state index in [0.29, 0.717) is 17.3 Å². The first-order chi connectivity index (χ1) is 35.7. The zero-order valence-electron chi connectivity index (χ0n) is 38.9. The quantitative estimate of drug-likeness (QED) is 0.113. The van der Waals surface area contributed by atoms with E-state index in [4.69, 9.17) is 9.97 Å². The first-order valence-electron chi connectivity index (χ1n) is 24.3. The first kappa shape index (κ1) is 41.4. The van der Waals surface area contributed by atoms with Crippen LogP contribution in [0.25, 0.3) is 94.1 Å². The summed E-state index contributed by atoms with van der Waals surface area (Å²) in [5, 5.41) is 22.2. The maximum atomic E-state index is 10.2. The summed E-state index contributed by atoms with van der Waals surface area (Å²) in [5.41, 5.74) is 9.64. The molecule has 7 heteroatoms. The van der Waals surface area contributed by atoms with Crippen molar-refractivity contribution >= 4 is 94.2 Å². The third-order valence-corrected chi connectivity index (χ3v) is 19.5. The van der Waals surface area contributed by atoms with Crippen LogP contribution in [0.2, 0.25) is 0 Å². The molecule has 72 heavy (non-hydrogen) atoms. The Morgan fingerprint density at radius 1 is 0.333 bits per heavy atom. The Hall–Kier alpha value is -9.61. The van der Waals surface area contributed by atoms with Gasteiger partial charge in [0.1, 0.15) is 5.82 Å². The summed E-state index contributed by atoms with van der Waals surface area (Å²) >= 11 is 0. The molecule has 0 amide bonds. The summed E-state index contributed by atoms with van der Waals surface area (Å²) in [5.74, 6) is 1.25. The van der Waals surface area contributed by atoms with Gasteiger partial charge in [-0.05, 0) is 75.3 Å². The number of benzene rings is 10. The standard InChI is InChI=1S/C65H42N6Si/c66-43-44-32-38-55-53-26-12-16-30-60(53)70(63(55)40-44)64-42-57(45-33-36-50(37-34-45)72(47-18-4-1-5-19-47,48-20-6-2-7-21-48)49-22-8-3-9-23-49)67-65(68-64)71-61-31-17-13-27-54(61)56-41-46(35-39-62(56)71)69-58-28-14-10-24-51(58)52-25-11-15-29-59(52)69/h1-42H. The van der Waals surface area contributed by atoms with Crippen molar-refractivity contribution in [2.24, 2.45) is 0 Å². The summed E-state index contributed by atoms with van der Waals surface area (Å²) in [6.07, 6.45) is 0. The number of nitriles is 1. The van der Waals surface area contributed by atoms with Gasteiger partial charge < -0.3 is 4.57 Å². The highest BCUT2D eigenvalue weighted by Gasteiger charge is 2.41. The van der Waals surface area contributed by atoms with Crippen LogP contribution in [0.3, 0.4) is 0 Å². The maximum absolute atomic E-state index is 10.2. The van der Waals surface area contributed by atoms with E-state index in [1.54, 1.807) is 0 Å². The third kappa shape index (κ3) is 6.26. The molecule has 14 rings (SSSR count). The van der Waals surface area contributed by atoms with Gasteiger partial charge in [0.15, 0.2) is 8.07 Å². The first-order valence-corrected chi connectivity index (χ1v) is 26.3. The number of hydrogen-bond acceptors (Lipinski definition) is 3. The molecule has 0 unspecified atom stereocenters. The van der Waals surface area contributed by atoms with Gasteiger partial charge in [0, 0.05) is 49.6 Å². The van der Waals surface area contributed by atoms with Gasteiger partial charge in [-0.1, -0.05) is 194 Å². The number of nitrogens with zero attached hydrogens (tertiary/aromatic N) is 6. The molecule has 336 valence electrons. The molecule has 4 heterocycles. The van der Waals surface area contributed by atoms with E-state index in [1.807, 2.05) is 12.1 Å². The van der Waals surface area contributed by atoms with E-state index < -0.39 is 8.07 Å². The lowest BCUT2D eigenvalue weighted by molar-refractivity contribution is 0.952. The number of para-hydroxylation sites is 4. The lowest BCUT2D eigenvalue weighted by Gasteiger charge is -2.34. The van der Waals surface area contributed by atoms with Gasteiger partial charge in [0.25, 0.3) is 0 Å². The molecule has 0 spiro atoms. The molecule has 0 saturated carbocycles. The van der Waals surface area contributed by atoms with E-state index in [9.17, 15) is 5.26 Å². The highest BCUT2D eigenvalue weighted by atomic mass is 28.3. The van der Waals surface area contributed by atoms with Gasteiger partial charge in [-0.15, -0.1) is 0 Å². The third-order valence-electron chi connectivity index (χ3n) is 14.7. The van der Waals surface area contributed by atoms with Crippen molar-refractivity contribution < 1.29 is 0 Å². The lowest BCUT2D eigenvalue weighted by Crippen LogP contribution is -2.74. The molecule has 0 radical (unpaired) electrons. The molecule has 0 aliphatic carbocycles. The number of fused-ring (bicyclic) bond motifs is 9. The second-order valence-corrected chi connectivity index (χ2v) is 22.3. The Bertz CT molecular complexity index is 4300. The molecular weight excluding hydrogens is 893 g/mol. The Labute approximate surface area is 416 Å². The van der Waals surface area contributed by atoms with Gasteiger partial charge >= 0.3 is 0 Å². The molecule has 6 nitrogen and oxygen atoms in total. The zero-order chi connectivity index (χ0) is 47.8. The predicted octanol–water partition coefficient (Wildman–Crippen LogP) is 12.7. The molecule has 0 atom stereocenters. The number of aromatic nitrogens is 5. The van der Waals surface area contributed by atoms with Crippen LogP contribution in [0, 0.1) is 11.3 Å². The average Bonchev–Trinajstić information content (AvgIpc) is 4.09. The minimum absolute atomic E-state index is 0.548. The summed E-state index contributed by atoms with van der Waals surface area (Å²) < 4.78 is 6.78. The fourth-order valence-corrected chi connectivity index (χ4v) is 16.3. The van der Waals surface area contributed by atoms with Crippen LogP contribution in [-0.4, -0.2) is 31.7 Å². The molecule has 0 fully saturated rings. The Morgan fingerprint density at radius 2 is 0.778 bits per heavy atom. The molecule has 0 N–H and O–H groups in total. The van der Waals surface area contributed by atoms with E-state index in [-0.39, 0.29) is 0 Å². The second kappa shape index (κ2) is 16.5. The largest absolute Gasteiger partial charge is 0.309 e. The van der Waals surface area contributed by atoms with E-state index in [1.165, 1.54) is 31.5 Å². The SMILES string of the molecule is N#Cc1ccc2c3ccccc3n(-c3cc(-c4ccc([Si](c5ccccc5)(c5ccccc5)c5ccccc5)cc4)nc(-n4c5ccccc5c5cc(-n6c7ccccc7c7ccccc76)ccc54)n3)c2c1. The molecule has 0 bridgehead atoms. The van der Waals surface area contributed by atoms with Crippen LogP contribution in [0.1, 0.15) is 5.56 Å². The molecule has 14 aromatic rings. The highest BCUT2D eigenvalue weighted by Crippen LogP contribution is 2.38. The molecule has 0 saturated heterocycles. The lowest BCUT2D eigenvalue weighted by atomic mass is 10.1. The summed E-state index contributed by atoms with van der Waals surface area (Å²) in [7, 11) is -2.79. The second-order valence-electron chi connectivity index (χ2n) is 18.5. The molecule has 0 aliphatic rings. The Balaban J connectivity index is 1.02. The van der Waals surface area contributed by atoms with Crippen LogP contribution in [-0.2, 0) is 0 Å². The van der Waals surface area contributed by atoms with Crippen molar-refractivity contribution in [3.63, 3.8) is 0 Å². The molecule has 4 aromatic heterocycles. The average molecular weight is 935 g/mol. The van der Waals surface area contributed by atoms with Crippen molar-refractivity contribution in [3.8, 4) is 34.8 Å². The van der Waals surface area contributed by atoms with Gasteiger partial charge in [-0.25, -0.2) is 4.98 Å². The van der Waals surface area contributed by atoms with E-state index >= 15 is 0 Å². The normalized spacial score (nSPS) is 11.9. The topological polar surface area (TPSA) is 64.4 Å². The van der Waals surface area contributed by atoms with Crippen molar-refractivity contribution in [1.82, 2.24) is 23.7 Å². The zero-order valence-corrected chi connectivity index (χ0v) is 39.9. The monoisotopic (exact) mass is 934 g/mol. The number of rotatable bonds is 8. The van der Waals surface area contributed by atoms with Crippen LogP contribution < -0.4 is 20.7 Å². The van der Waals surface area contributed by atoms with E-state index in [0.717, 1.165) is 71.6 Å². The van der Waals surface area contributed by atoms with Gasteiger partial charge in [-0.2, -0.15) is 10.2 Å². The van der Waals surface area contributed by atoms with Crippen LogP contribution in [0.5, 0.6) is 0 Å². The smallest absolute Gasteiger partial charge is 0.237 e. The summed E-state index contributed by atoms with van der Waals surface area (Å²) in [6.45, 7) is 0. The predicted molar refractivity (Wildman–Crippen MR) is 299 cm³/mol. The van der Waals surface area contributed by atoms with Crippen LogP contribution >= 0.6 is 0 Å².